The van der Waals surface area contributed by atoms with Gasteiger partial charge in [-0.15, -0.1) is 0 Å². The van der Waals surface area contributed by atoms with Crippen molar-refractivity contribution in [3.8, 4) is 17.2 Å². The minimum atomic E-state index is -0.340. The number of urea groups is 1. The van der Waals surface area contributed by atoms with Crippen LogP contribution in [-0.4, -0.2) is 84.2 Å². The molecule has 0 aliphatic carbocycles. The Balaban J connectivity index is 1.38. The van der Waals surface area contributed by atoms with Gasteiger partial charge in [0.25, 0.3) is 0 Å². The first-order valence-corrected chi connectivity index (χ1v) is 12.1. The van der Waals surface area contributed by atoms with Gasteiger partial charge in [-0.3, -0.25) is 19.6 Å². The molecule has 4 aromatic rings. The lowest BCUT2D eigenvalue weighted by Crippen LogP contribution is -2.54. The van der Waals surface area contributed by atoms with Crippen LogP contribution in [0.1, 0.15) is 18.4 Å². The molecule has 0 unspecified atom stereocenters. The molecule has 188 valence electrons. The van der Waals surface area contributed by atoms with Crippen LogP contribution in [0.5, 0.6) is 0 Å². The number of piperidine rings is 1. The predicted octanol–water partition coefficient (Wildman–Crippen LogP) is 1.59. The van der Waals surface area contributed by atoms with Crippen LogP contribution in [0.4, 0.5) is 10.5 Å². The smallest absolute Gasteiger partial charge is 0.324 e. The number of hydrogen-bond acceptors (Lipinski definition) is 8. The Labute approximate surface area is 212 Å². The van der Waals surface area contributed by atoms with E-state index in [1.165, 1.54) is 0 Å². The van der Waals surface area contributed by atoms with Crippen molar-refractivity contribution in [2.45, 2.75) is 25.4 Å². The Kier molecular flexibility index (Phi) is 5.72. The molecule has 0 bridgehead atoms. The molecule has 0 atom stereocenters. The summed E-state index contributed by atoms with van der Waals surface area (Å²) in [5.74, 6) is 0.129. The number of amides is 3. The molecule has 1 fully saturated rings. The number of anilines is 1. The van der Waals surface area contributed by atoms with Crippen molar-refractivity contribution in [1.29, 1.82) is 0 Å². The Bertz CT molecular complexity index is 1460. The number of nitrogens with two attached hydrogens (primary N) is 1. The van der Waals surface area contributed by atoms with Crippen LogP contribution < -0.4 is 10.6 Å². The number of hydrogen-bond donors (Lipinski definition) is 1. The summed E-state index contributed by atoms with van der Waals surface area (Å²) in [5.41, 5.74) is 9.96. The van der Waals surface area contributed by atoms with E-state index < -0.39 is 0 Å². The summed E-state index contributed by atoms with van der Waals surface area (Å²) >= 11 is 0. The largest absolute Gasteiger partial charge is 0.369 e. The zero-order valence-corrected chi connectivity index (χ0v) is 20.4. The Morgan fingerprint density at radius 2 is 1.89 bits per heavy atom. The molecule has 0 spiro atoms. The number of nitrogens with zero attached hydrogens (tertiary/aromatic N) is 9. The number of carbonyl (C=O) groups is 2. The molecule has 0 aromatic carbocycles. The molecule has 37 heavy (non-hydrogen) atoms. The monoisotopic (exact) mass is 498 g/mol. The zero-order chi connectivity index (χ0) is 25.5. The fourth-order valence-electron chi connectivity index (χ4n) is 5.09. The van der Waals surface area contributed by atoms with Gasteiger partial charge in [0.05, 0.1) is 30.0 Å². The standard InChI is InChI=1S/C25H26N10O2/c1-32-14-17-13-27-20-4-3-19(16-11-28-24(29-12-16)34-8-2-7-30-34)31-22(20)23(17)35(25(32)37)18-5-9-33(10-6-18)15-21(26)36/h2-4,7-8,11-13,18H,5-6,9-10,14-15H2,1H3,(H2,26,36). The zero-order valence-electron chi connectivity index (χ0n) is 20.4. The topological polar surface area (TPSA) is 139 Å². The van der Waals surface area contributed by atoms with Crippen LogP contribution >= 0.6 is 0 Å². The van der Waals surface area contributed by atoms with Gasteiger partial charge in [-0.1, -0.05) is 0 Å². The minimum absolute atomic E-state index is 0.0223. The summed E-state index contributed by atoms with van der Waals surface area (Å²) in [6.07, 6.45) is 10.2. The molecule has 2 N–H and O–H groups in total. The van der Waals surface area contributed by atoms with Crippen molar-refractivity contribution in [3.05, 3.63) is 54.7 Å². The molecule has 2 aliphatic heterocycles. The SMILES string of the molecule is CN1Cc2cnc3ccc(-c4cnc(-n5cccn5)nc4)nc3c2N(C2CCN(CC(N)=O)CC2)C1=O. The van der Waals surface area contributed by atoms with Crippen LogP contribution in [0.2, 0.25) is 0 Å². The highest BCUT2D eigenvalue weighted by atomic mass is 16.2. The maximum Gasteiger partial charge on any atom is 0.324 e. The van der Waals surface area contributed by atoms with E-state index in [0.29, 0.717) is 42.3 Å². The number of aromatic nitrogens is 6. The fourth-order valence-corrected chi connectivity index (χ4v) is 5.09. The summed E-state index contributed by atoms with van der Waals surface area (Å²) < 4.78 is 1.59. The number of carbonyl (C=O) groups excluding carboxylic acids is 2. The summed E-state index contributed by atoms with van der Waals surface area (Å²) in [6, 6.07) is 5.52. The van der Waals surface area contributed by atoms with E-state index in [-0.39, 0.29) is 24.5 Å². The molecule has 6 rings (SSSR count). The Morgan fingerprint density at radius 1 is 1.11 bits per heavy atom. The molecule has 3 amide bonds. The molecule has 0 radical (unpaired) electrons. The molecule has 4 aromatic heterocycles. The summed E-state index contributed by atoms with van der Waals surface area (Å²) in [7, 11) is 1.80. The van der Waals surface area contributed by atoms with E-state index in [1.807, 2.05) is 34.2 Å². The highest BCUT2D eigenvalue weighted by molar-refractivity contribution is 6.04. The van der Waals surface area contributed by atoms with E-state index in [1.54, 1.807) is 41.4 Å². The van der Waals surface area contributed by atoms with E-state index in [9.17, 15) is 9.59 Å². The number of fused-ring (bicyclic) bond motifs is 3. The maximum absolute atomic E-state index is 13.5. The Hall–Kier alpha value is -4.45. The first-order chi connectivity index (χ1) is 18.0. The van der Waals surface area contributed by atoms with Crippen LogP contribution in [-0.2, 0) is 11.3 Å². The second kappa shape index (κ2) is 9.21. The maximum atomic E-state index is 13.5. The lowest BCUT2D eigenvalue weighted by molar-refractivity contribution is -0.119. The van der Waals surface area contributed by atoms with Crippen molar-refractivity contribution in [2.75, 3.05) is 31.6 Å². The van der Waals surface area contributed by atoms with Crippen molar-refractivity contribution in [2.24, 2.45) is 5.73 Å². The molecular weight excluding hydrogens is 472 g/mol. The van der Waals surface area contributed by atoms with Crippen molar-refractivity contribution < 1.29 is 9.59 Å². The van der Waals surface area contributed by atoms with Crippen molar-refractivity contribution >= 4 is 28.7 Å². The lowest BCUT2D eigenvalue weighted by atomic mass is 9.99. The van der Waals surface area contributed by atoms with Gasteiger partial charge >= 0.3 is 6.03 Å². The molecule has 2 aliphatic rings. The fraction of sp³-hybridized carbons (Fsp3) is 0.320. The van der Waals surface area contributed by atoms with E-state index in [0.717, 1.165) is 29.7 Å². The van der Waals surface area contributed by atoms with E-state index in [4.69, 9.17) is 10.7 Å². The predicted molar refractivity (Wildman–Crippen MR) is 136 cm³/mol. The highest BCUT2D eigenvalue weighted by Gasteiger charge is 2.37. The van der Waals surface area contributed by atoms with E-state index in [2.05, 4.69) is 20.1 Å². The minimum Gasteiger partial charge on any atom is -0.369 e. The lowest BCUT2D eigenvalue weighted by Gasteiger charge is -2.43. The molecule has 0 saturated carbocycles. The molecular formula is C25H26N10O2. The first kappa shape index (κ1) is 23.0. The molecule has 1 saturated heterocycles. The number of rotatable bonds is 5. The second-order valence-corrected chi connectivity index (χ2v) is 9.40. The number of primary amides is 1. The van der Waals surface area contributed by atoms with Gasteiger partial charge in [-0.25, -0.2) is 24.4 Å². The van der Waals surface area contributed by atoms with Crippen molar-refractivity contribution in [1.82, 2.24) is 39.5 Å². The van der Waals surface area contributed by atoms with Crippen LogP contribution in [0.25, 0.3) is 28.2 Å². The highest BCUT2D eigenvalue weighted by Crippen LogP contribution is 2.37. The van der Waals surface area contributed by atoms with Gasteiger partial charge in [0.2, 0.25) is 11.9 Å². The van der Waals surface area contributed by atoms with Gasteiger partial charge in [0.15, 0.2) is 0 Å². The average molecular weight is 499 g/mol. The molecule has 12 heteroatoms. The summed E-state index contributed by atoms with van der Waals surface area (Å²) in [6.45, 7) is 2.08. The van der Waals surface area contributed by atoms with Crippen LogP contribution in [0, 0.1) is 0 Å². The molecule has 6 heterocycles. The molecule has 12 nitrogen and oxygen atoms in total. The van der Waals surface area contributed by atoms with Crippen LogP contribution in [0.3, 0.4) is 0 Å². The van der Waals surface area contributed by atoms with Gasteiger partial charge < -0.3 is 10.6 Å². The van der Waals surface area contributed by atoms with Crippen molar-refractivity contribution in [3.63, 3.8) is 0 Å². The summed E-state index contributed by atoms with van der Waals surface area (Å²) in [4.78, 5) is 48.9. The third-order valence-electron chi connectivity index (χ3n) is 6.89. The third-order valence-corrected chi connectivity index (χ3v) is 6.89. The van der Waals surface area contributed by atoms with Gasteiger partial charge in [0, 0.05) is 68.3 Å². The average Bonchev–Trinajstić information content (AvgIpc) is 3.45. The van der Waals surface area contributed by atoms with Crippen LogP contribution in [0.15, 0.2) is 49.2 Å². The Morgan fingerprint density at radius 3 is 2.59 bits per heavy atom. The second-order valence-electron chi connectivity index (χ2n) is 9.40. The first-order valence-electron chi connectivity index (χ1n) is 12.1. The third kappa shape index (κ3) is 4.25. The number of likely N-dealkylation sites (tertiary alicyclic amines) is 1. The quantitative estimate of drug-likeness (QED) is 0.438. The van der Waals surface area contributed by atoms with E-state index >= 15 is 0 Å². The normalized spacial score (nSPS) is 16.8. The number of pyridine rings is 2. The van der Waals surface area contributed by atoms with Gasteiger partial charge in [0.1, 0.15) is 5.52 Å². The van der Waals surface area contributed by atoms with Gasteiger partial charge in [-0.2, -0.15) is 5.10 Å². The van der Waals surface area contributed by atoms with Gasteiger partial charge in [-0.05, 0) is 31.0 Å². The summed E-state index contributed by atoms with van der Waals surface area (Å²) in [5, 5.41) is 4.16.